The van der Waals surface area contributed by atoms with Crippen LogP contribution >= 0.6 is 38.5 Å². The van der Waals surface area contributed by atoms with E-state index in [9.17, 15) is 9.18 Å². The van der Waals surface area contributed by atoms with Gasteiger partial charge in [0.2, 0.25) is 0 Å². The Morgan fingerprint density at radius 2 is 2.05 bits per heavy atom. The first kappa shape index (κ1) is 13.8. The second-order valence-corrected chi connectivity index (χ2v) is 6.40. The van der Waals surface area contributed by atoms with Gasteiger partial charge in [-0.25, -0.2) is 9.18 Å². The highest BCUT2D eigenvalue weighted by Gasteiger charge is 2.12. The van der Waals surface area contributed by atoms with E-state index in [-0.39, 0.29) is 12.4 Å². The third-order valence-electron chi connectivity index (χ3n) is 2.97. The molecule has 2 aromatic carbocycles. The van der Waals surface area contributed by atoms with Crippen LogP contribution in [0.3, 0.4) is 0 Å². The topological polar surface area (TPSA) is 35.1 Å². The van der Waals surface area contributed by atoms with Gasteiger partial charge >= 0.3 is 5.76 Å². The van der Waals surface area contributed by atoms with Gasteiger partial charge in [-0.3, -0.25) is 4.57 Å². The van der Waals surface area contributed by atoms with Gasteiger partial charge in [-0.2, -0.15) is 0 Å². The van der Waals surface area contributed by atoms with E-state index in [1.54, 1.807) is 12.1 Å². The van der Waals surface area contributed by atoms with Crippen molar-refractivity contribution in [2.45, 2.75) is 6.54 Å². The minimum absolute atomic E-state index is 0.254. The highest BCUT2D eigenvalue weighted by atomic mass is 127. The molecule has 0 bridgehead atoms. The number of oxazole rings is 1. The van der Waals surface area contributed by atoms with E-state index in [1.807, 2.05) is 12.1 Å². The number of fused-ring (bicyclic) bond motifs is 1. The molecule has 0 unspecified atom stereocenters. The number of hydrogen-bond donors (Lipinski definition) is 0. The molecule has 6 heteroatoms. The first-order valence-corrected chi connectivity index (χ1v) is 7.64. The van der Waals surface area contributed by atoms with Gasteiger partial charge in [0, 0.05) is 8.04 Å². The summed E-state index contributed by atoms with van der Waals surface area (Å²) in [5.41, 5.74) is 1.93. The third kappa shape index (κ3) is 2.54. The molecule has 0 aliphatic heterocycles. The Bertz CT molecular complexity index is 856. The summed E-state index contributed by atoms with van der Waals surface area (Å²) in [7, 11) is 0. The third-order valence-corrected chi connectivity index (χ3v) is 4.41. The van der Waals surface area contributed by atoms with Crippen molar-refractivity contribution in [3.63, 3.8) is 0 Å². The Labute approximate surface area is 135 Å². The molecule has 0 spiro atoms. The quantitative estimate of drug-likeness (QED) is 0.553. The average Bonchev–Trinajstić information content (AvgIpc) is 2.70. The summed E-state index contributed by atoms with van der Waals surface area (Å²) < 4.78 is 21.8. The zero-order valence-corrected chi connectivity index (χ0v) is 13.8. The van der Waals surface area contributed by atoms with Crippen molar-refractivity contribution in [2.75, 3.05) is 0 Å². The molecule has 3 aromatic rings. The van der Waals surface area contributed by atoms with E-state index in [2.05, 4.69) is 38.5 Å². The summed E-state index contributed by atoms with van der Waals surface area (Å²) in [6.45, 7) is 0.254. The zero-order chi connectivity index (χ0) is 14.3. The SMILES string of the molecule is O=c1oc2ccc(I)cc2n1Cc1cc(F)ccc1Br. The Morgan fingerprint density at radius 3 is 2.85 bits per heavy atom. The molecule has 0 fully saturated rings. The van der Waals surface area contributed by atoms with Crippen LogP contribution in [0.2, 0.25) is 0 Å². The molecule has 0 N–H and O–H groups in total. The van der Waals surface area contributed by atoms with Crippen molar-refractivity contribution in [1.29, 1.82) is 0 Å². The number of halogens is 3. The van der Waals surface area contributed by atoms with Crippen molar-refractivity contribution in [1.82, 2.24) is 4.57 Å². The monoisotopic (exact) mass is 447 g/mol. The highest BCUT2D eigenvalue weighted by Crippen LogP contribution is 2.22. The van der Waals surface area contributed by atoms with Gasteiger partial charge in [-0.05, 0) is 64.6 Å². The Morgan fingerprint density at radius 1 is 1.25 bits per heavy atom. The number of aromatic nitrogens is 1. The van der Waals surface area contributed by atoms with Gasteiger partial charge in [0.1, 0.15) is 5.82 Å². The second-order valence-electron chi connectivity index (χ2n) is 4.30. The van der Waals surface area contributed by atoms with Crippen LogP contribution in [0, 0.1) is 9.39 Å². The minimum atomic E-state index is -0.446. The number of hydrogen-bond acceptors (Lipinski definition) is 2. The zero-order valence-electron chi connectivity index (χ0n) is 10.1. The van der Waals surface area contributed by atoms with Crippen LogP contribution in [-0.2, 0) is 6.54 Å². The predicted octanol–water partition coefficient (Wildman–Crippen LogP) is 4.15. The molecular weight excluding hydrogens is 440 g/mol. The lowest BCUT2D eigenvalue weighted by Gasteiger charge is -2.05. The van der Waals surface area contributed by atoms with E-state index in [4.69, 9.17) is 4.42 Å². The lowest BCUT2D eigenvalue weighted by Crippen LogP contribution is -2.15. The summed E-state index contributed by atoms with van der Waals surface area (Å²) in [4.78, 5) is 11.9. The van der Waals surface area contributed by atoms with Crippen LogP contribution < -0.4 is 5.76 Å². The van der Waals surface area contributed by atoms with Gasteiger partial charge < -0.3 is 4.42 Å². The summed E-state index contributed by atoms with van der Waals surface area (Å²) in [6, 6.07) is 9.90. The lowest BCUT2D eigenvalue weighted by molar-refractivity contribution is 0.516. The minimum Gasteiger partial charge on any atom is -0.408 e. The lowest BCUT2D eigenvalue weighted by atomic mass is 10.2. The molecule has 0 atom stereocenters. The predicted molar refractivity (Wildman–Crippen MR) is 86.4 cm³/mol. The van der Waals surface area contributed by atoms with Crippen LogP contribution in [0.4, 0.5) is 4.39 Å². The first-order valence-electron chi connectivity index (χ1n) is 5.77. The van der Waals surface area contributed by atoms with E-state index in [0.29, 0.717) is 16.7 Å². The van der Waals surface area contributed by atoms with Crippen molar-refractivity contribution in [3.8, 4) is 0 Å². The van der Waals surface area contributed by atoms with Gasteiger partial charge in [0.25, 0.3) is 0 Å². The smallest absolute Gasteiger partial charge is 0.408 e. The van der Waals surface area contributed by atoms with Crippen LogP contribution in [-0.4, -0.2) is 4.57 Å². The van der Waals surface area contributed by atoms with E-state index in [1.165, 1.54) is 16.7 Å². The van der Waals surface area contributed by atoms with E-state index >= 15 is 0 Å². The average molecular weight is 448 g/mol. The van der Waals surface area contributed by atoms with Gasteiger partial charge in [0.05, 0.1) is 12.1 Å². The molecule has 102 valence electrons. The molecule has 20 heavy (non-hydrogen) atoms. The number of benzene rings is 2. The molecule has 1 heterocycles. The Balaban J connectivity index is 2.15. The molecule has 0 aliphatic rings. The van der Waals surface area contributed by atoms with Gasteiger partial charge in [-0.15, -0.1) is 0 Å². The van der Waals surface area contributed by atoms with Crippen LogP contribution in [0.25, 0.3) is 11.1 Å². The van der Waals surface area contributed by atoms with Crippen molar-refractivity contribution < 1.29 is 8.81 Å². The molecule has 0 saturated heterocycles. The number of nitrogens with zero attached hydrogens (tertiary/aromatic N) is 1. The largest absolute Gasteiger partial charge is 0.420 e. The molecule has 0 aliphatic carbocycles. The van der Waals surface area contributed by atoms with Crippen molar-refractivity contribution in [2.24, 2.45) is 0 Å². The molecular formula is C14H8BrFINO2. The summed E-state index contributed by atoms with van der Waals surface area (Å²) in [5, 5.41) is 0. The second kappa shape index (κ2) is 5.33. The maximum Gasteiger partial charge on any atom is 0.420 e. The van der Waals surface area contributed by atoms with Crippen LogP contribution in [0.1, 0.15) is 5.56 Å². The first-order chi connectivity index (χ1) is 9.54. The fourth-order valence-corrected chi connectivity index (χ4v) is 2.87. The fraction of sp³-hybridized carbons (Fsp3) is 0.0714. The fourth-order valence-electron chi connectivity index (χ4n) is 2.02. The van der Waals surface area contributed by atoms with Crippen molar-refractivity contribution >= 4 is 49.6 Å². The Kier molecular flexibility index (Phi) is 3.68. The molecule has 3 rings (SSSR count). The van der Waals surface area contributed by atoms with E-state index in [0.717, 1.165) is 8.04 Å². The maximum atomic E-state index is 13.3. The molecule has 0 radical (unpaired) electrons. The molecule has 3 nitrogen and oxygen atoms in total. The van der Waals surface area contributed by atoms with Crippen LogP contribution in [0.15, 0.2) is 50.1 Å². The summed E-state index contributed by atoms with van der Waals surface area (Å²) in [6.07, 6.45) is 0. The molecule has 0 saturated carbocycles. The van der Waals surface area contributed by atoms with Gasteiger partial charge in [-0.1, -0.05) is 15.9 Å². The van der Waals surface area contributed by atoms with Gasteiger partial charge in [0.15, 0.2) is 5.58 Å². The van der Waals surface area contributed by atoms with Crippen LogP contribution in [0.5, 0.6) is 0 Å². The Hall–Kier alpha value is -1.15. The maximum absolute atomic E-state index is 13.3. The highest BCUT2D eigenvalue weighted by molar-refractivity contribution is 14.1. The normalized spacial score (nSPS) is 11.2. The molecule has 1 aromatic heterocycles. The molecule has 0 amide bonds. The van der Waals surface area contributed by atoms with Crippen molar-refractivity contribution in [3.05, 3.63) is 66.4 Å². The summed E-state index contributed by atoms with van der Waals surface area (Å²) in [5.74, 6) is -0.781. The standard InChI is InChI=1S/C14H8BrFINO2/c15-11-3-1-9(16)5-8(11)7-18-12-6-10(17)2-4-13(12)20-14(18)19/h1-6H,7H2. The van der Waals surface area contributed by atoms with E-state index < -0.39 is 5.76 Å². The summed E-state index contributed by atoms with van der Waals surface area (Å²) >= 11 is 5.54. The number of rotatable bonds is 2.